The molecule has 0 bridgehead atoms. The predicted molar refractivity (Wildman–Crippen MR) is 46.3 cm³/mol. The first-order valence-electron chi connectivity index (χ1n) is 3.99. The molecule has 1 saturated carbocycles. The van der Waals surface area contributed by atoms with E-state index in [2.05, 4.69) is 0 Å². The summed E-state index contributed by atoms with van der Waals surface area (Å²) in [7, 11) is 0. The zero-order valence-corrected chi connectivity index (χ0v) is 6.93. The third kappa shape index (κ3) is 1.02. The molecule has 70 valence electrons. The molecule has 1 aliphatic carbocycles. The number of para-hydroxylation sites is 1. The van der Waals surface area contributed by atoms with E-state index in [0.29, 0.717) is 11.3 Å². The standard InChI is InChI=1S/C9H10F2N2/c10-9(11)5-8(9,13)6-3-1-2-4-7(6)12/h1-4H,5,12-13H2. The van der Waals surface area contributed by atoms with E-state index < -0.39 is 11.5 Å². The molecule has 2 nitrogen and oxygen atoms in total. The summed E-state index contributed by atoms with van der Waals surface area (Å²) in [5, 5.41) is 0. The average Bonchev–Trinajstić information content (AvgIpc) is 2.53. The second kappa shape index (κ2) is 2.20. The van der Waals surface area contributed by atoms with E-state index in [9.17, 15) is 8.78 Å². The van der Waals surface area contributed by atoms with Gasteiger partial charge in [-0.15, -0.1) is 0 Å². The molecular formula is C9H10F2N2. The highest BCUT2D eigenvalue weighted by Crippen LogP contribution is 2.58. The van der Waals surface area contributed by atoms with Crippen molar-refractivity contribution in [1.29, 1.82) is 0 Å². The largest absolute Gasteiger partial charge is 0.398 e. The van der Waals surface area contributed by atoms with Crippen LogP contribution in [0.4, 0.5) is 14.5 Å². The van der Waals surface area contributed by atoms with Crippen molar-refractivity contribution in [3.05, 3.63) is 29.8 Å². The molecule has 1 unspecified atom stereocenters. The zero-order valence-electron chi connectivity index (χ0n) is 6.93. The van der Waals surface area contributed by atoms with Crippen LogP contribution in [-0.2, 0) is 5.54 Å². The van der Waals surface area contributed by atoms with Gasteiger partial charge in [-0.05, 0) is 6.07 Å². The molecule has 0 saturated heterocycles. The highest BCUT2D eigenvalue weighted by Gasteiger charge is 2.70. The van der Waals surface area contributed by atoms with Gasteiger partial charge in [-0.3, -0.25) is 0 Å². The average molecular weight is 184 g/mol. The topological polar surface area (TPSA) is 52.0 Å². The number of nitrogen functional groups attached to an aromatic ring is 1. The molecule has 2 rings (SSSR count). The Hall–Kier alpha value is -1.16. The highest BCUT2D eigenvalue weighted by molar-refractivity contribution is 5.54. The first-order valence-corrected chi connectivity index (χ1v) is 3.99. The second-order valence-corrected chi connectivity index (χ2v) is 3.44. The molecule has 13 heavy (non-hydrogen) atoms. The molecule has 0 radical (unpaired) electrons. The lowest BCUT2D eigenvalue weighted by Gasteiger charge is -2.12. The smallest absolute Gasteiger partial charge is 0.272 e. The monoisotopic (exact) mass is 184 g/mol. The number of hydrogen-bond acceptors (Lipinski definition) is 2. The summed E-state index contributed by atoms with van der Waals surface area (Å²) in [5.74, 6) is -2.80. The Morgan fingerprint density at radius 2 is 1.77 bits per heavy atom. The lowest BCUT2D eigenvalue weighted by molar-refractivity contribution is 0.0893. The molecule has 1 fully saturated rings. The van der Waals surface area contributed by atoms with Gasteiger partial charge in [0.2, 0.25) is 0 Å². The van der Waals surface area contributed by atoms with E-state index in [1.807, 2.05) is 0 Å². The van der Waals surface area contributed by atoms with Gasteiger partial charge in [0, 0.05) is 17.7 Å². The maximum atomic E-state index is 12.9. The molecule has 1 aromatic carbocycles. The Bertz CT molecular complexity index is 351. The number of rotatable bonds is 1. The molecule has 1 aromatic rings. The lowest BCUT2D eigenvalue weighted by atomic mass is 10.0. The van der Waals surface area contributed by atoms with Crippen LogP contribution in [0, 0.1) is 0 Å². The maximum absolute atomic E-state index is 12.9. The molecule has 4 N–H and O–H groups in total. The molecule has 1 atom stereocenters. The zero-order chi connectivity index (χ0) is 9.69. The number of hydrogen-bond donors (Lipinski definition) is 2. The number of halogens is 2. The van der Waals surface area contributed by atoms with Crippen molar-refractivity contribution in [2.24, 2.45) is 5.73 Å². The molecule has 0 aromatic heterocycles. The summed E-state index contributed by atoms with van der Waals surface area (Å²) >= 11 is 0. The summed E-state index contributed by atoms with van der Waals surface area (Å²) in [5.41, 5.74) is 10.2. The SMILES string of the molecule is Nc1ccccc1C1(N)CC1(F)F. The summed E-state index contributed by atoms with van der Waals surface area (Å²) in [6, 6.07) is 6.49. The fourth-order valence-electron chi connectivity index (χ4n) is 1.50. The van der Waals surface area contributed by atoms with Gasteiger partial charge in [-0.25, -0.2) is 8.78 Å². The minimum absolute atomic E-state index is 0.311. The number of alkyl halides is 2. The van der Waals surface area contributed by atoms with Crippen LogP contribution in [0.1, 0.15) is 12.0 Å². The lowest BCUT2D eigenvalue weighted by Crippen LogP contribution is -2.28. The Morgan fingerprint density at radius 3 is 2.23 bits per heavy atom. The maximum Gasteiger partial charge on any atom is 0.272 e. The number of anilines is 1. The van der Waals surface area contributed by atoms with Crippen molar-refractivity contribution >= 4 is 5.69 Å². The van der Waals surface area contributed by atoms with Crippen LogP contribution >= 0.6 is 0 Å². The van der Waals surface area contributed by atoms with E-state index in [-0.39, 0.29) is 6.42 Å². The summed E-state index contributed by atoms with van der Waals surface area (Å²) < 4.78 is 25.7. The van der Waals surface area contributed by atoms with Crippen LogP contribution in [0.3, 0.4) is 0 Å². The van der Waals surface area contributed by atoms with Crippen molar-refractivity contribution in [3.8, 4) is 0 Å². The molecule has 1 aliphatic rings. The van der Waals surface area contributed by atoms with E-state index in [1.165, 1.54) is 0 Å². The van der Waals surface area contributed by atoms with E-state index >= 15 is 0 Å². The summed E-state index contributed by atoms with van der Waals surface area (Å²) in [6.45, 7) is 0. The summed E-state index contributed by atoms with van der Waals surface area (Å²) in [6.07, 6.45) is -0.311. The van der Waals surface area contributed by atoms with Gasteiger partial charge in [-0.2, -0.15) is 0 Å². The van der Waals surface area contributed by atoms with Crippen LogP contribution in [0.25, 0.3) is 0 Å². The van der Waals surface area contributed by atoms with Crippen molar-refractivity contribution in [2.45, 2.75) is 17.9 Å². The molecule has 0 amide bonds. The fraction of sp³-hybridized carbons (Fsp3) is 0.333. The fourth-order valence-corrected chi connectivity index (χ4v) is 1.50. The molecule has 0 aliphatic heterocycles. The quantitative estimate of drug-likeness (QED) is 0.649. The first-order chi connectivity index (χ1) is 5.97. The Morgan fingerprint density at radius 1 is 1.23 bits per heavy atom. The Balaban J connectivity index is 2.44. The van der Waals surface area contributed by atoms with Gasteiger partial charge in [0.05, 0.1) is 0 Å². The molecular weight excluding hydrogens is 174 g/mol. The van der Waals surface area contributed by atoms with Gasteiger partial charge in [0.1, 0.15) is 5.54 Å². The summed E-state index contributed by atoms with van der Waals surface area (Å²) in [4.78, 5) is 0. The Labute approximate surface area is 74.5 Å². The van der Waals surface area contributed by atoms with E-state index in [0.717, 1.165) is 0 Å². The Kier molecular flexibility index (Phi) is 1.43. The van der Waals surface area contributed by atoms with E-state index in [1.54, 1.807) is 24.3 Å². The van der Waals surface area contributed by atoms with Crippen molar-refractivity contribution in [2.75, 3.05) is 5.73 Å². The highest BCUT2D eigenvalue weighted by atomic mass is 19.3. The molecule has 4 heteroatoms. The number of benzene rings is 1. The van der Waals surface area contributed by atoms with Gasteiger partial charge in [-0.1, -0.05) is 18.2 Å². The first kappa shape index (κ1) is 8.44. The predicted octanol–water partition coefficient (Wildman–Crippen LogP) is 1.46. The number of nitrogens with two attached hydrogens (primary N) is 2. The third-order valence-corrected chi connectivity index (χ3v) is 2.47. The van der Waals surface area contributed by atoms with Gasteiger partial charge in [0.15, 0.2) is 0 Å². The molecule has 0 spiro atoms. The van der Waals surface area contributed by atoms with Crippen LogP contribution < -0.4 is 11.5 Å². The minimum atomic E-state index is -2.80. The van der Waals surface area contributed by atoms with Gasteiger partial charge in [0.25, 0.3) is 5.92 Å². The van der Waals surface area contributed by atoms with Crippen molar-refractivity contribution < 1.29 is 8.78 Å². The van der Waals surface area contributed by atoms with E-state index in [4.69, 9.17) is 11.5 Å². The minimum Gasteiger partial charge on any atom is -0.398 e. The van der Waals surface area contributed by atoms with Crippen LogP contribution in [0.2, 0.25) is 0 Å². The molecule has 0 heterocycles. The third-order valence-electron chi connectivity index (χ3n) is 2.47. The van der Waals surface area contributed by atoms with Gasteiger partial charge < -0.3 is 11.5 Å². The van der Waals surface area contributed by atoms with Crippen molar-refractivity contribution in [1.82, 2.24) is 0 Å². The normalized spacial score (nSPS) is 30.1. The van der Waals surface area contributed by atoms with Crippen molar-refractivity contribution in [3.63, 3.8) is 0 Å². The van der Waals surface area contributed by atoms with Crippen LogP contribution in [-0.4, -0.2) is 5.92 Å². The van der Waals surface area contributed by atoms with Gasteiger partial charge >= 0.3 is 0 Å². The second-order valence-electron chi connectivity index (χ2n) is 3.44. The van der Waals surface area contributed by atoms with Crippen LogP contribution in [0.15, 0.2) is 24.3 Å². The van der Waals surface area contributed by atoms with Crippen LogP contribution in [0.5, 0.6) is 0 Å².